The van der Waals surface area contributed by atoms with Gasteiger partial charge in [-0.25, -0.2) is 4.79 Å². The van der Waals surface area contributed by atoms with Crippen LogP contribution in [0.15, 0.2) is 53.7 Å². The van der Waals surface area contributed by atoms with Crippen LogP contribution in [-0.2, 0) is 15.1 Å². The third-order valence-electron chi connectivity index (χ3n) is 8.02. The molecule has 2 heterocycles. The van der Waals surface area contributed by atoms with Gasteiger partial charge in [0.25, 0.3) is 0 Å². The predicted octanol–water partition coefficient (Wildman–Crippen LogP) is 2.72. The minimum Gasteiger partial charge on any atom is -0.480 e. The molecule has 2 saturated heterocycles. The standard InChI is InChI=1S/C28H38N6O4/c1-3-28(27(36)37,22-6-8-23(9-7-22)30-20(2)35)34-14-12-25(13-15-34)33-18-16-32(17-19-33)24-10-4-21(5-11-24)26(29)31-38/h4-11,25,38H,3,12-19H2,1-2H3,(H2,29,31)(H,30,35)(H,36,37). The summed E-state index contributed by atoms with van der Waals surface area (Å²) in [6.45, 7) is 8.55. The Kier molecular flexibility index (Phi) is 8.53. The minimum atomic E-state index is -1.09. The average Bonchev–Trinajstić information content (AvgIpc) is 2.94. The first-order chi connectivity index (χ1) is 18.3. The fourth-order valence-electron chi connectivity index (χ4n) is 5.91. The van der Waals surface area contributed by atoms with E-state index in [0.29, 0.717) is 36.8 Å². The molecule has 0 spiro atoms. The van der Waals surface area contributed by atoms with Crippen molar-refractivity contribution in [1.82, 2.24) is 9.80 Å². The molecule has 204 valence electrons. The maximum absolute atomic E-state index is 12.7. The smallest absolute Gasteiger partial charge is 0.328 e. The molecule has 2 aliphatic heterocycles. The van der Waals surface area contributed by atoms with Crippen molar-refractivity contribution in [2.24, 2.45) is 10.9 Å². The van der Waals surface area contributed by atoms with E-state index in [4.69, 9.17) is 10.9 Å². The number of amides is 1. The number of piperidine rings is 1. The van der Waals surface area contributed by atoms with Crippen LogP contribution in [0.5, 0.6) is 0 Å². The molecule has 2 aromatic rings. The molecule has 4 rings (SSSR count). The van der Waals surface area contributed by atoms with Gasteiger partial charge >= 0.3 is 5.97 Å². The molecule has 5 N–H and O–H groups in total. The van der Waals surface area contributed by atoms with Crippen molar-refractivity contribution in [2.45, 2.75) is 44.7 Å². The average molecular weight is 523 g/mol. The van der Waals surface area contributed by atoms with E-state index in [1.54, 1.807) is 12.1 Å². The van der Waals surface area contributed by atoms with Crippen molar-refractivity contribution < 1.29 is 19.9 Å². The molecule has 0 saturated carbocycles. The summed E-state index contributed by atoms with van der Waals surface area (Å²) in [5.41, 5.74) is 7.79. The van der Waals surface area contributed by atoms with Crippen molar-refractivity contribution in [2.75, 3.05) is 49.5 Å². The minimum absolute atomic E-state index is 0.102. The molecular formula is C28H38N6O4. The Bertz CT molecular complexity index is 1140. The van der Waals surface area contributed by atoms with Crippen LogP contribution in [0.25, 0.3) is 0 Å². The van der Waals surface area contributed by atoms with Crippen molar-refractivity contribution in [3.8, 4) is 0 Å². The molecule has 2 aliphatic rings. The van der Waals surface area contributed by atoms with Gasteiger partial charge in [0.05, 0.1) is 0 Å². The third kappa shape index (κ3) is 5.61. The monoisotopic (exact) mass is 522 g/mol. The van der Waals surface area contributed by atoms with E-state index >= 15 is 0 Å². The third-order valence-corrected chi connectivity index (χ3v) is 8.02. The van der Waals surface area contributed by atoms with Crippen LogP contribution in [0.3, 0.4) is 0 Å². The van der Waals surface area contributed by atoms with E-state index in [1.807, 2.05) is 43.3 Å². The van der Waals surface area contributed by atoms with Crippen LogP contribution < -0.4 is 16.0 Å². The molecule has 10 nitrogen and oxygen atoms in total. The summed E-state index contributed by atoms with van der Waals surface area (Å²) >= 11 is 0. The second-order valence-electron chi connectivity index (χ2n) is 10.1. The summed E-state index contributed by atoms with van der Waals surface area (Å²) in [6.07, 6.45) is 2.31. The molecule has 0 bridgehead atoms. The number of carboxylic acids is 1. The van der Waals surface area contributed by atoms with E-state index < -0.39 is 11.5 Å². The van der Waals surface area contributed by atoms with Gasteiger partial charge in [0, 0.05) is 69.2 Å². The molecule has 2 fully saturated rings. The first-order valence-electron chi connectivity index (χ1n) is 13.2. The highest BCUT2D eigenvalue weighted by molar-refractivity contribution is 5.97. The molecule has 1 amide bonds. The number of hydrogen-bond acceptors (Lipinski definition) is 7. The fraction of sp³-hybridized carbons (Fsp3) is 0.464. The lowest BCUT2D eigenvalue weighted by Crippen LogP contribution is -2.58. The highest BCUT2D eigenvalue weighted by atomic mass is 16.4. The van der Waals surface area contributed by atoms with Gasteiger partial charge in [-0.15, -0.1) is 0 Å². The molecule has 38 heavy (non-hydrogen) atoms. The number of likely N-dealkylation sites (tertiary alicyclic amines) is 1. The zero-order valence-corrected chi connectivity index (χ0v) is 22.1. The van der Waals surface area contributed by atoms with Crippen LogP contribution in [-0.4, -0.2) is 83.1 Å². The van der Waals surface area contributed by atoms with Gasteiger partial charge in [-0.1, -0.05) is 24.2 Å². The maximum Gasteiger partial charge on any atom is 0.328 e. The Morgan fingerprint density at radius 3 is 2.11 bits per heavy atom. The van der Waals surface area contributed by atoms with Gasteiger partial charge in [0.1, 0.15) is 5.54 Å². The molecule has 1 atom stereocenters. The van der Waals surface area contributed by atoms with Crippen LogP contribution >= 0.6 is 0 Å². The molecule has 1 unspecified atom stereocenters. The highest BCUT2D eigenvalue weighted by Crippen LogP contribution is 2.36. The SMILES string of the molecule is CCC(C(=O)O)(c1ccc(NC(C)=O)cc1)N1CCC(N2CCN(c3ccc(C(N)=NO)cc3)CC2)CC1. The topological polar surface area (TPSA) is 135 Å². The number of hydrogen-bond donors (Lipinski definition) is 4. The van der Waals surface area contributed by atoms with Gasteiger partial charge in [-0.2, -0.15) is 0 Å². The summed E-state index contributed by atoms with van der Waals surface area (Å²) in [7, 11) is 0. The second-order valence-corrected chi connectivity index (χ2v) is 10.1. The molecule has 0 aliphatic carbocycles. The second kappa shape index (κ2) is 11.8. The number of anilines is 2. The van der Waals surface area contributed by atoms with Gasteiger partial charge in [-0.3, -0.25) is 14.6 Å². The number of nitrogens with one attached hydrogen (secondary N) is 1. The van der Waals surface area contributed by atoms with E-state index in [0.717, 1.165) is 50.3 Å². The normalized spacial score (nSPS) is 19.6. The Labute approximate surface area is 223 Å². The number of aliphatic carboxylic acids is 1. The lowest BCUT2D eigenvalue weighted by molar-refractivity contribution is -0.154. The van der Waals surface area contributed by atoms with Crippen molar-refractivity contribution in [3.05, 3.63) is 59.7 Å². The number of amidine groups is 1. The fourth-order valence-corrected chi connectivity index (χ4v) is 5.91. The lowest BCUT2D eigenvalue weighted by atomic mass is 9.83. The van der Waals surface area contributed by atoms with Crippen molar-refractivity contribution in [3.63, 3.8) is 0 Å². The number of oxime groups is 1. The molecule has 2 aromatic carbocycles. The van der Waals surface area contributed by atoms with E-state index in [-0.39, 0.29) is 11.7 Å². The first kappa shape index (κ1) is 27.4. The first-order valence-corrected chi connectivity index (χ1v) is 13.2. The van der Waals surface area contributed by atoms with Crippen LogP contribution in [0, 0.1) is 0 Å². The summed E-state index contributed by atoms with van der Waals surface area (Å²) < 4.78 is 0. The van der Waals surface area contributed by atoms with Gasteiger partial charge in [0.15, 0.2) is 5.84 Å². The van der Waals surface area contributed by atoms with E-state index in [2.05, 4.69) is 25.2 Å². The number of nitrogens with two attached hydrogens (primary N) is 1. The van der Waals surface area contributed by atoms with Crippen molar-refractivity contribution in [1.29, 1.82) is 0 Å². The number of piperazine rings is 1. The zero-order valence-electron chi connectivity index (χ0n) is 22.1. The summed E-state index contributed by atoms with van der Waals surface area (Å²) in [6, 6.07) is 15.4. The number of rotatable bonds is 8. The Balaban J connectivity index is 1.36. The Hall–Kier alpha value is -3.63. The van der Waals surface area contributed by atoms with Gasteiger partial charge in [-0.05, 0) is 61.2 Å². The predicted molar refractivity (Wildman–Crippen MR) is 148 cm³/mol. The van der Waals surface area contributed by atoms with Crippen LogP contribution in [0.2, 0.25) is 0 Å². The quantitative estimate of drug-likeness (QED) is 0.180. The Morgan fingerprint density at radius 1 is 1.00 bits per heavy atom. The van der Waals surface area contributed by atoms with E-state index in [1.165, 1.54) is 6.92 Å². The van der Waals surface area contributed by atoms with Crippen LogP contribution in [0.1, 0.15) is 44.2 Å². The largest absolute Gasteiger partial charge is 0.480 e. The number of carbonyl (C=O) groups excluding carboxylic acids is 1. The number of nitrogens with zero attached hydrogens (tertiary/aromatic N) is 4. The molecule has 0 radical (unpaired) electrons. The highest BCUT2D eigenvalue weighted by Gasteiger charge is 2.46. The molecule has 10 heteroatoms. The lowest BCUT2D eigenvalue weighted by Gasteiger charge is -2.47. The summed E-state index contributed by atoms with van der Waals surface area (Å²) in [5, 5.41) is 25.1. The van der Waals surface area contributed by atoms with Gasteiger partial charge in [0.2, 0.25) is 5.91 Å². The summed E-state index contributed by atoms with van der Waals surface area (Å²) in [5.74, 6) is -0.890. The maximum atomic E-state index is 12.7. The summed E-state index contributed by atoms with van der Waals surface area (Å²) in [4.78, 5) is 31.1. The number of benzene rings is 2. The number of carboxylic acid groups (broad SMARTS) is 1. The zero-order chi connectivity index (χ0) is 27.3. The Morgan fingerprint density at radius 2 is 1.61 bits per heavy atom. The van der Waals surface area contributed by atoms with Crippen LogP contribution in [0.4, 0.5) is 11.4 Å². The molecular weight excluding hydrogens is 484 g/mol. The number of carbonyl (C=O) groups is 2. The van der Waals surface area contributed by atoms with Crippen molar-refractivity contribution >= 4 is 29.1 Å². The van der Waals surface area contributed by atoms with E-state index in [9.17, 15) is 14.7 Å². The molecule has 0 aromatic heterocycles. The van der Waals surface area contributed by atoms with Gasteiger partial charge < -0.3 is 26.3 Å².